The lowest BCUT2D eigenvalue weighted by molar-refractivity contribution is 0.673. The van der Waals surface area contributed by atoms with Gasteiger partial charge in [-0.15, -0.1) is 0 Å². The van der Waals surface area contributed by atoms with Crippen LogP contribution in [0.5, 0.6) is 0 Å². The van der Waals surface area contributed by atoms with Gasteiger partial charge in [-0.05, 0) is 106 Å². The van der Waals surface area contributed by atoms with Gasteiger partial charge in [-0.1, -0.05) is 133 Å². The van der Waals surface area contributed by atoms with Crippen molar-refractivity contribution in [3.63, 3.8) is 0 Å². The van der Waals surface area contributed by atoms with Gasteiger partial charge in [0.2, 0.25) is 0 Å². The van der Waals surface area contributed by atoms with Crippen LogP contribution in [-0.4, -0.2) is 9.13 Å². The minimum Gasteiger partial charge on any atom is -0.455 e. The van der Waals surface area contributed by atoms with E-state index in [1.54, 1.807) is 0 Å². The fourth-order valence-electron chi connectivity index (χ4n) is 9.06. The zero-order valence-corrected chi connectivity index (χ0v) is 30.9. The Balaban J connectivity index is 1.06. The van der Waals surface area contributed by atoms with E-state index in [9.17, 15) is 0 Å². The van der Waals surface area contributed by atoms with E-state index in [0.29, 0.717) is 0 Å². The summed E-state index contributed by atoms with van der Waals surface area (Å²) in [4.78, 5) is 0. The summed E-state index contributed by atoms with van der Waals surface area (Å²) in [7, 11) is 0. The molecule has 0 aliphatic rings. The van der Waals surface area contributed by atoms with E-state index >= 15 is 0 Å². The minimum absolute atomic E-state index is 0.902. The second-order valence-corrected chi connectivity index (χ2v) is 14.9. The zero-order chi connectivity index (χ0) is 37.5. The third-order valence-corrected chi connectivity index (χ3v) is 11.7. The SMILES string of the molecule is c1ccc(-c2ccc(-n3c4ccccc4c4cc(-c5ccc6c(c5)c5c7oc8ccccc8c7ccc5n6-c5cccc(-c6ccccc6)c5)ccc43)cc2)cc1. The van der Waals surface area contributed by atoms with E-state index < -0.39 is 0 Å². The van der Waals surface area contributed by atoms with Crippen LogP contribution in [0.15, 0.2) is 211 Å². The van der Waals surface area contributed by atoms with Crippen molar-refractivity contribution < 1.29 is 4.42 Å². The molecule has 0 aliphatic heterocycles. The highest BCUT2D eigenvalue weighted by Crippen LogP contribution is 2.43. The van der Waals surface area contributed by atoms with Gasteiger partial charge < -0.3 is 13.6 Å². The Morgan fingerprint density at radius 2 is 0.807 bits per heavy atom. The van der Waals surface area contributed by atoms with Crippen LogP contribution < -0.4 is 0 Å². The Hall–Kier alpha value is -7.62. The molecule has 0 saturated heterocycles. The highest BCUT2D eigenvalue weighted by atomic mass is 16.3. The number of fused-ring (bicyclic) bond motifs is 10. The molecule has 0 aliphatic carbocycles. The summed E-state index contributed by atoms with van der Waals surface area (Å²) in [5, 5.41) is 7.03. The van der Waals surface area contributed by atoms with Gasteiger partial charge in [0.05, 0.1) is 27.5 Å². The number of hydrogen-bond acceptors (Lipinski definition) is 1. The van der Waals surface area contributed by atoms with Crippen molar-refractivity contribution >= 4 is 65.6 Å². The van der Waals surface area contributed by atoms with Crippen LogP contribution in [0.3, 0.4) is 0 Å². The molecular formula is C54H34N2O. The number of hydrogen-bond donors (Lipinski definition) is 0. The van der Waals surface area contributed by atoms with Gasteiger partial charge in [-0.2, -0.15) is 0 Å². The molecule has 3 nitrogen and oxygen atoms in total. The normalized spacial score (nSPS) is 11.9. The Labute approximate surface area is 328 Å². The van der Waals surface area contributed by atoms with Crippen LogP contribution in [0, 0.1) is 0 Å². The summed E-state index contributed by atoms with van der Waals surface area (Å²) in [5.41, 5.74) is 15.9. The molecule has 9 aromatic carbocycles. The summed E-state index contributed by atoms with van der Waals surface area (Å²) in [6.07, 6.45) is 0. The van der Waals surface area contributed by atoms with Crippen molar-refractivity contribution in [2.45, 2.75) is 0 Å². The lowest BCUT2D eigenvalue weighted by atomic mass is 10.00. The summed E-state index contributed by atoms with van der Waals surface area (Å²) >= 11 is 0. The topological polar surface area (TPSA) is 23.0 Å². The fraction of sp³-hybridized carbons (Fsp3) is 0. The van der Waals surface area contributed by atoms with Gasteiger partial charge in [0.15, 0.2) is 0 Å². The monoisotopic (exact) mass is 726 g/mol. The molecule has 0 fully saturated rings. The fourth-order valence-corrected chi connectivity index (χ4v) is 9.06. The summed E-state index contributed by atoms with van der Waals surface area (Å²) in [6, 6.07) is 74.4. The summed E-state index contributed by atoms with van der Waals surface area (Å²) < 4.78 is 11.5. The summed E-state index contributed by atoms with van der Waals surface area (Å²) in [6.45, 7) is 0. The van der Waals surface area contributed by atoms with Gasteiger partial charge in [0.1, 0.15) is 11.2 Å². The standard InChI is InChI=1S/C54H34N2O/c1-3-12-35(13-4-1)37-22-26-41(27-23-37)55-48-20-9-7-18-43(48)46-33-39(24-29-49(46)55)40-25-30-50-47(34-40)53-51(31-28-45-44-19-8-10-21-52(44)57-54(45)53)56(50)42-17-11-16-38(32-42)36-14-5-2-6-15-36/h1-34H. The van der Waals surface area contributed by atoms with Crippen molar-refractivity contribution in [1.82, 2.24) is 9.13 Å². The molecule has 0 spiro atoms. The average molecular weight is 727 g/mol. The van der Waals surface area contributed by atoms with Gasteiger partial charge in [0.25, 0.3) is 0 Å². The zero-order valence-electron chi connectivity index (χ0n) is 30.9. The molecule has 0 bridgehead atoms. The van der Waals surface area contributed by atoms with Gasteiger partial charge >= 0.3 is 0 Å². The molecule has 3 heterocycles. The Morgan fingerprint density at radius 1 is 0.281 bits per heavy atom. The first-order valence-electron chi connectivity index (χ1n) is 19.5. The first-order valence-corrected chi connectivity index (χ1v) is 19.5. The van der Waals surface area contributed by atoms with Crippen molar-refractivity contribution in [3.05, 3.63) is 206 Å². The van der Waals surface area contributed by atoms with E-state index in [0.717, 1.165) is 49.7 Å². The molecule has 12 rings (SSSR count). The second-order valence-electron chi connectivity index (χ2n) is 14.9. The van der Waals surface area contributed by atoms with Crippen molar-refractivity contribution in [2.75, 3.05) is 0 Å². The second kappa shape index (κ2) is 12.5. The summed E-state index contributed by atoms with van der Waals surface area (Å²) in [5.74, 6) is 0. The first-order chi connectivity index (χ1) is 28.3. The van der Waals surface area contributed by atoms with E-state index in [4.69, 9.17) is 4.42 Å². The van der Waals surface area contributed by atoms with Crippen molar-refractivity contribution in [2.24, 2.45) is 0 Å². The molecule has 12 aromatic rings. The number of nitrogens with zero attached hydrogens (tertiary/aromatic N) is 2. The lowest BCUT2D eigenvalue weighted by Crippen LogP contribution is -1.94. The lowest BCUT2D eigenvalue weighted by Gasteiger charge is -2.11. The highest BCUT2D eigenvalue weighted by Gasteiger charge is 2.20. The smallest absolute Gasteiger partial charge is 0.145 e. The molecule has 57 heavy (non-hydrogen) atoms. The molecule has 266 valence electrons. The number of benzene rings is 9. The maximum Gasteiger partial charge on any atom is 0.145 e. The van der Waals surface area contributed by atoms with E-state index in [2.05, 4.69) is 209 Å². The van der Waals surface area contributed by atoms with Gasteiger partial charge in [0, 0.05) is 38.3 Å². The molecule has 3 aromatic heterocycles. The van der Waals surface area contributed by atoms with Crippen molar-refractivity contribution in [1.29, 1.82) is 0 Å². The Bertz CT molecular complexity index is 3490. The maximum atomic E-state index is 6.73. The molecule has 0 N–H and O–H groups in total. The Kier molecular flexibility index (Phi) is 6.93. The largest absolute Gasteiger partial charge is 0.455 e. The van der Waals surface area contributed by atoms with Crippen LogP contribution in [0.4, 0.5) is 0 Å². The molecule has 0 saturated carbocycles. The maximum absolute atomic E-state index is 6.73. The van der Waals surface area contributed by atoms with E-state index in [1.807, 2.05) is 6.07 Å². The average Bonchev–Trinajstić information content (AvgIpc) is 3.94. The highest BCUT2D eigenvalue weighted by molar-refractivity contribution is 6.24. The van der Waals surface area contributed by atoms with Crippen LogP contribution in [0.25, 0.3) is 110 Å². The van der Waals surface area contributed by atoms with Crippen LogP contribution in [-0.2, 0) is 0 Å². The van der Waals surface area contributed by atoms with Crippen LogP contribution in [0.1, 0.15) is 0 Å². The number of furan rings is 1. The number of para-hydroxylation sites is 2. The molecule has 0 radical (unpaired) electrons. The molecule has 0 unspecified atom stereocenters. The Morgan fingerprint density at radius 3 is 1.58 bits per heavy atom. The predicted molar refractivity (Wildman–Crippen MR) is 239 cm³/mol. The molecule has 3 heteroatoms. The molecule has 0 amide bonds. The quantitative estimate of drug-likeness (QED) is 0.173. The molecule has 0 atom stereocenters. The van der Waals surface area contributed by atoms with Crippen LogP contribution in [0.2, 0.25) is 0 Å². The van der Waals surface area contributed by atoms with E-state index in [-0.39, 0.29) is 0 Å². The number of aromatic nitrogens is 2. The van der Waals surface area contributed by atoms with E-state index in [1.165, 1.54) is 60.6 Å². The van der Waals surface area contributed by atoms with Gasteiger partial charge in [-0.3, -0.25) is 0 Å². The minimum atomic E-state index is 0.902. The third kappa shape index (κ3) is 4.92. The number of rotatable bonds is 5. The predicted octanol–water partition coefficient (Wildman–Crippen LogP) is 14.8. The van der Waals surface area contributed by atoms with Gasteiger partial charge in [-0.25, -0.2) is 0 Å². The third-order valence-electron chi connectivity index (χ3n) is 11.7. The molecular weight excluding hydrogens is 693 g/mol. The first kappa shape index (κ1) is 31.7. The van der Waals surface area contributed by atoms with Crippen molar-refractivity contribution in [3.8, 4) is 44.8 Å². The van der Waals surface area contributed by atoms with Crippen LogP contribution >= 0.6 is 0 Å².